The molecule has 2 bridgehead atoms. The van der Waals surface area contributed by atoms with Crippen LogP contribution in [0.25, 0.3) is 0 Å². The van der Waals surface area contributed by atoms with E-state index in [9.17, 15) is 23.1 Å². The van der Waals surface area contributed by atoms with E-state index in [4.69, 9.17) is 4.74 Å². The summed E-state index contributed by atoms with van der Waals surface area (Å²) in [5.74, 6) is -1.51. The van der Waals surface area contributed by atoms with E-state index in [-0.39, 0.29) is 28.9 Å². The van der Waals surface area contributed by atoms with Crippen LogP contribution in [0, 0.1) is 11.8 Å². The Balaban J connectivity index is 1.46. The first-order chi connectivity index (χ1) is 11.0. The number of halogens is 5. The molecule has 4 fully saturated rings. The second kappa shape index (κ2) is 5.10. The molecule has 2 saturated heterocycles. The second-order valence-electron chi connectivity index (χ2n) is 7.39. The number of esters is 1. The van der Waals surface area contributed by atoms with Crippen LogP contribution in [0.5, 0.6) is 0 Å². The summed E-state index contributed by atoms with van der Waals surface area (Å²) in [5.41, 5.74) is -2.61. The summed E-state index contributed by atoms with van der Waals surface area (Å²) in [6, 6.07) is 0. The molecule has 2 saturated carbocycles. The van der Waals surface area contributed by atoms with Gasteiger partial charge in [0.1, 0.15) is 0 Å². The number of ether oxygens (including phenoxy) is 1. The van der Waals surface area contributed by atoms with Gasteiger partial charge in [-0.3, -0.25) is 0 Å². The van der Waals surface area contributed by atoms with Crippen LogP contribution in [0.4, 0.5) is 13.2 Å². The quantitative estimate of drug-likeness (QED) is 0.120. The summed E-state index contributed by atoms with van der Waals surface area (Å²) in [5, 5.41) is 9.99. The zero-order chi connectivity index (χ0) is 17.7. The summed E-state index contributed by atoms with van der Waals surface area (Å²) in [6.45, 7) is 1.95. The fraction of sp³-hybridized carbons (Fsp3) is 0.929. The van der Waals surface area contributed by atoms with Crippen LogP contribution in [0.3, 0.4) is 0 Å². The van der Waals surface area contributed by atoms with Gasteiger partial charge in [-0.05, 0) is 0 Å². The summed E-state index contributed by atoms with van der Waals surface area (Å²) in [6.07, 6.45) is -5.06. The maximum atomic E-state index is 13.1. The molecule has 10 heteroatoms. The Morgan fingerprint density at radius 2 is 1.92 bits per heavy atom. The molecule has 0 spiro atoms. The van der Waals surface area contributed by atoms with Crippen LogP contribution in [-0.2, 0) is 9.53 Å². The second-order valence-corrected chi connectivity index (χ2v) is 18.2. The van der Waals surface area contributed by atoms with E-state index in [1.165, 1.54) is 0 Å². The monoisotopic (exact) mass is 576 g/mol. The third-order valence-corrected chi connectivity index (χ3v) is 17.5. The molecule has 4 rings (SSSR count). The van der Waals surface area contributed by atoms with Crippen LogP contribution in [0.2, 0.25) is 0 Å². The molecule has 0 radical (unpaired) electrons. The van der Waals surface area contributed by atoms with Gasteiger partial charge in [0.15, 0.2) is 0 Å². The van der Waals surface area contributed by atoms with Gasteiger partial charge in [0.25, 0.3) is 0 Å². The zero-order valence-corrected chi connectivity index (χ0v) is 17.8. The first-order valence-electron chi connectivity index (χ1n) is 7.71. The number of fused-ring (bicyclic) bond motifs is 3. The number of carbonyl (C=O) groups excluding carboxylic acids is 1. The molecule has 2 heterocycles. The normalized spacial score (nSPS) is 43.0. The average Bonchev–Trinajstić information content (AvgIpc) is 3.24. The number of hydrogen-bond acceptors (Lipinski definition) is 5. The van der Waals surface area contributed by atoms with Gasteiger partial charge in [-0.1, -0.05) is 0 Å². The third-order valence-electron chi connectivity index (χ3n) is 6.08. The Bertz CT molecular complexity index is 598. The summed E-state index contributed by atoms with van der Waals surface area (Å²) in [4.78, 5) is 17.1. The molecule has 4 aliphatic rings. The number of carbonyl (C=O) groups is 1. The van der Waals surface area contributed by atoms with Crippen molar-refractivity contribution in [1.82, 2.24) is 7.06 Å². The van der Waals surface area contributed by atoms with Gasteiger partial charge in [-0.15, -0.1) is 0 Å². The number of nitrogens with one attached hydrogen (secondary N) is 2. The fourth-order valence-corrected chi connectivity index (χ4v) is 17.0. The standard InChI is InChI=1S/C14H21F3I2N2O3/c1-11(18(2)3,14-19(20-14)21-14)10(22)24-9-5-8-4-7(9)6-12(8,23)13(15,16)17/h7-9,20-21,23H,4-6H2,1-3H3. The van der Waals surface area contributed by atoms with Gasteiger partial charge in [-0.25, -0.2) is 0 Å². The van der Waals surface area contributed by atoms with Crippen molar-refractivity contribution in [1.29, 1.82) is 0 Å². The van der Waals surface area contributed by atoms with Crippen molar-refractivity contribution in [3.63, 3.8) is 0 Å². The average molecular weight is 576 g/mol. The van der Waals surface area contributed by atoms with E-state index in [0.29, 0.717) is 0 Å². The summed E-state index contributed by atoms with van der Waals surface area (Å²) < 4.78 is 51.1. The summed E-state index contributed by atoms with van der Waals surface area (Å²) in [7, 11) is 0. The van der Waals surface area contributed by atoms with E-state index in [0.717, 1.165) is 0 Å². The van der Waals surface area contributed by atoms with Crippen molar-refractivity contribution in [2.45, 2.75) is 51.2 Å². The van der Waals surface area contributed by atoms with Crippen molar-refractivity contribution < 1.29 is 27.8 Å². The minimum absolute atomic E-state index is 0.111. The summed E-state index contributed by atoms with van der Waals surface area (Å²) >= 11 is -2.91. The van der Waals surface area contributed by atoms with Gasteiger partial charge >= 0.3 is 154 Å². The molecule has 3 N–H and O–H groups in total. The number of alkyl halides is 7. The number of aliphatic hydroxyl groups is 1. The van der Waals surface area contributed by atoms with Crippen LogP contribution >= 0.6 is 40.2 Å². The first-order valence-corrected chi connectivity index (χ1v) is 16.3. The van der Waals surface area contributed by atoms with Crippen molar-refractivity contribution in [2.24, 2.45) is 11.8 Å². The van der Waals surface area contributed by atoms with Crippen LogP contribution < -0.4 is 7.06 Å². The van der Waals surface area contributed by atoms with Crippen LogP contribution in [0.1, 0.15) is 26.2 Å². The Morgan fingerprint density at radius 1 is 1.33 bits per heavy atom. The van der Waals surface area contributed by atoms with E-state index >= 15 is 0 Å². The van der Waals surface area contributed by atoms with E-state index < -0.39 is 73.3 Å². The molecule has 0 amide bonds. The van der Waals surface area contributed by atoms with Gasteiger partial charge in [0, 0.05) is 0 Å². The van der Waals surface area contributed by atoms with E-state index in [2.05, 4.69) is 16.9 Å². The molecule has 0 aromatic rings. The molecule has 24 heavy (non-hydrogen) atoms. The van der Waals surface area contributed by atoms with Gasteiger partial charge in [-0.2, -0.15) is 0 Å². The van der Waals surface area contributed by atoms with E-state index in [1.54, 1.807) is 0 Å². The Hall–Kier alpha value is 0.600. The number of hydrogen-bond donors (Lipinski definition) is 3. The molecule has 140 valence electrons. The number of rotatable bonds is 4. The molecular formula is C14H21F3I2N2O3. The van der Waals surface area contributed by atoms with Crippen LogP contribution in [-0.4, -0.2) is 45.9 Å². The van der Waals surface area contributed by atoms with E-state index in [1.807, 2.05) is 6.92 Å². The molecule has 5 unspecified atom stereocenters. The molecule has 5 atom stereocenters. The topological polar surface area (TPSA) is 90.4 Å². The molecular weight excluding hydrogens is 555 g/mol. The predicted molar refractivity (Wildman–Crippen MR) is 99.0 cm³/mol. The van der Waals surface area contributed by atoms with Crippen molar-refractivity contribution in [2.75, 3.05) is 9.86 Å². The van der Waals surface area contributed by atoms with Gasteiger partial charge in [0.2, 0.25) is 0 Å². The fourth-order valence-electron chi connectivity index (χ4n) is 4.13. The molecule has 0 aromatic heterocycles. The van der Waals surface area contributed by atoms with Crippen molar-refractivity contribution >= 4 is 46.2 Å². The SMILES string of the molecule is CI(C)C(C)(C(=O)OC1CC2CC1CC2(O)C(F)(F)F)C12NI1N2. The van der Waals surface area contributed by atoms with Crippen molar-refractivity contribution in [3.8, 4) is 0 Å². The van der Waals surface area contributed by atoms with Gasteiger partial charge < -0.3 is 0 Å². The van der Waals surface area contributed by atoms with Gasteiger partial charge in [0.05, 0.1) is 0 Å². The van der Waals surface area contributed by atoms with Crippen molar-refractivity contribution in [3.05, 3.63) is 0 Å². The molecule has 5 nitrogen and oxygen atoms in total. The molecule has 0 aromatic carbocycles. The first kappa shape index (κ1) is 18.0. The minimum atomic E-state index is -4.62. The maximum absolute atomic E-state index is 13.1. The Labute approximate surface area is 153 Å². The predicted octanol–water partition coefficient (Wildman–Crippen LogP) is 2.34. The van der Waals surface area contributed by atoms with Crippen LogP contribution in [0.15, 0.2) is 0 Å². The zero-order valence-electron chi connectivity index (χ0n) is 13.5. The Kier molecular flexibility index (Phi) is 3.82. The Morgan fingerprint density at radius 3 is 2.29 bits per heavy atom. The molecule has 2 aliphatic carbocycles. The third kappa shape index (κ3) is 2.18. The molecule has 2 aliphatic heterocycles.